The van der Waals surface area contributed by atoms with Gasteiger partial charge in [0.05, 0.1) is 5.69 Å². The van der Waals surface area contributed by atoms with Gasteiger partial charge in [-0.15, -0.1) is 0 Å². The number of hydrogen-bond acceptors (Lipinski definition) is 2. The normalized spacial score (nSPS) is 21.1. The highest BCUT2D eigenvalue weighted by molar-refractivity contribution is 5.34. The highest BCUT2D eigenvalue weighted by Crippen LogP contribution is 2.34. The van der Waals surface area contributed by atoms with E-state index in [-0.39, 0.29) is 0 Å². The molecule has 13 heavy (non-hydrogen) atoms. The molecule has 1 aromatic heterocycles. The zero-order valence-corrected chi connectivity index (χ0v) is 8.52. The molecule has 72 valence electrons. The molecule has 0 saturated heterocycles. The van der Waals surface area contributed by atoms with Gasteiger partial charge in [0.25, 0.3) is 0 Å². The van der Waals surface area contributed by atoms with Crippen LogP contribution in [-0.4, -0.2) is 17.2 Å². The molecule has 2 rings (SSSR count). The fourth-order valence-corrected chi connectivity index (χ4v) is 2.14. The van der Waals surface area contributed by atoms with Crippen molar-refractivity contribution in [3.05, 3.63) is 17.0 Å². The van der Waals surface area contributed by atoms with Crippen LogP contribution in [0.1, 0.15) is 49.2 Å². The van der Waals surface area contributed by atoms with E-state index in [1.807, 2.05) is 7.05 Å². The Hall–Kier alpha value is -0.830. The van der Waals surface area contributed by atoms with Crippen molar-refractivity contribution in [2.45, 2.75) is 38.6 Å². The van der Waals surface area contributed by atoms with E-state index in [1.54, 1.807) is 0 Å². The third-order valence-corrected chi connectivity index (χ3v) is 2.84. The maximum atomic E-state index is 4.37. The predicted octanol–water partition coefficient (Wildman–Crippen LogP) is 1.74. The number of nitrogens with zero attached hydrogens (tertiary/aromatic N) is 1. The van der Waals surface area contributed by atoms with E-state index in [2.05, 4.69) is 29.4 Å². The zero-order chi connectivity index (χ0) is 9.42. The first-order valence-electron chi connectivity index (χ1n) is 4.98. The van der Waals surface area contributed by atoms with Gasteiger partial charge in [0.2, 0.25) is 0 Å². The lowest BCUT2D eigenvalue weighted by Crippen LogP contribution is -2.14. The van der Waals surface area contributed by atoms with Crippen LogP contribution < -0.4 is 5.32 Å². The van der Waals surface area contributed by atoms with Crippen molar-refractivity contribution in [1.82, 2.24) is 15.5 Å². The van der Waals surface area contributed by atoms with Gasteiger partial charge < -0.3 is 5.32 Å². The third-order valence-electron chi connectivity index (χ3n) is 2.84. The summed E-state index contributed by atoms with van der Waals surface area (Å²) >= 11 is 0. The fraction of sp³-hybridized carbons (Fsp3) is 0.700. The van der Waals surface area contributed by atoms with Crippen molar-refractivity contribution < 1.29 is 0 Å². The van der Waals surface area contributed by atoms with Gasteiger partial charge in [-0.2, -0.15) is 5.10 Å². The Morgan fingerprint density at radius 2 is 2.31 bits per heavy atom. The number of H-pyrrole nitrogens is 1. The molecule has 0 aliphatic heterocycles. The van der Waals surface area contributed by atoms with Crippen molar-refractivity contribution >= 4 is 0 Å². The second kappa shape index (κ2) is 3.14. The van der Waals surface area contributed by atoms with Gasteiger partial charge in [0, 0.05) is 17.3 Å². The molecule has 3 nitrogen and oxygen atoms in total. The van der Waals surface area contributed by atoms with Crippen molar-refractivity contribution in [3.63, 3.8) is 0 Å². The number of rotatable bonds is 2. The highest BCUT2D eigenvalue weighted by atomic mass is 15.1. The lowest BCUT2D eigenvalue weighted by molar-refractivity contribution is 0.576. The summed E-state index contributed by atoms with van der Waals surface area (Å²) in [6.07, 6.45) is 2.35. The molecule has 1 aliphatic rings. The molecular formula is C10H17N3. The number of aromatic amines is 1. The fourth-order valence-electron chi connectivity index (χ4n) is 2.14. The number of hydrogen-bond donors (Lipinski definition) is 2. The lowest BCUT2D eigenvalue weighted by atomic mass is 10.0. The molecule has 0 bridgehead atoms. The maximum absolute atomic E-state index is 4.37. The van der Waals surface area contributed by atoms with E-state index >= 15 is 0 Å². The minimum Gasteiger partial charge on any atom is -0.313 e. The van der Waals surface area contributed by atoms with Crippen LogP contribution in [0.3, 0.4) is 0 Å². The SMILES string of the molecule is CNC1CCc2[nH]nc(C(C)C)c21. The lowest BCUT2D eigenvalue weighted by Gasteiger charge is -2.11. The van der Waals surface area contributed by atoms with Crippen molar-refractivity contribution in [3.8, 4) is 0 Å². The zero-order valence-electron chi connectivity index (χ0n) is 8.52. The molecule has 3 heteroatoms. The Labute approximate surface area is 78.9 Å². The summed E-state index contributed by atoms with van der Waals surface area (Å²) in [4.78, 5) is 0. The van der Waals surface area contributed by atoms with Crippen LogP contribution in [0, 0.1) is 0 Å². The molecule has 0 radical (unpaired) electrons. The second-order valence-corrected chi connectivity index (χ2v) is 4.04. The molecule has 1 unspecified atom stereocenters. The van der Waals surface area contributed by atoms with E-state index in [0.29, 0.717) is 12.0 Å². The van der Waals surface area contributed by atoms with Gasteiger partial charge >= 0.3 is 0 Å². The summed E-state index contributed by atoms with van der Waals surface area (Å²) < 4.78 is 0. The molecule has 1 aromatic rings. The topological polar surface area (TPSA) is 40.7 Å². The molecular weight excluding hydrogens is 162 g/mol. The largest absolute Gasteiger partial charge is 0.313 e. The summed E-state index contributed by atoms with van der Waals surface area (Å²) in [5.74, 6) is 0.522. The van der Waals surface area contributed by atoms with Crippen LogP contribution in [0.25, 0.3) is 0 Å². The highest BCUT2D eigenvalue weighted by Gasteiger charge is 2.27. The van der Waals surface area contributed by atoms with Crippen molar-refractivity contribution in [1.29, 1.82) is 0 Å². The number of aromatic nitrogens is 2. The molecule has 1 heterocycles. The average molecular weight is 179 g/mol. The van der Waals surface area contributed by atoms with Crippen LogP contribution in [0.4, 0.5) is 0 Å². The van der Waals surface area contributed by atoms with E-state index in [9.17, 15) is 0 Å². The molecule has 0 amide bonds. The number of nitrogens with one attached hydrogen (secondary N) is 2. The van der Waals surface area contributed by atoms with E-state index in [4.69, 9.17) is 0 Å². The Morgan fingerprint density at radius 1 is 1.54 bits per heavy atom. The molecule has 0 aromatic carbocycles. The summed E-state index contributed by atoms with van der Waals surface area (Å²) in [6.45, 7) is 4.39. The smallest absolute Gasteiger partial charge is 0.0698 e. The minimum absolute atomic E-state index is 0.520. The van der Waals surface area contributed by atoms with Crippen molar-refractivity contribution in [2.24, 2.45) is 0 Å². The first kappa shape index (κ1) is 8.75. The summed E-state index contributed by atoms with van der Waals surface area (Å²) in [7, 11) is 2.02. The number of fused-ring (bicyclic) bond motifs is 1. The molecule has 0 spiro atoms. The summed E-state index contributed by atoms with van der Waals surface area (Å²) in [5, 5.41) is 10.9. The third kappa shape index (κ3) is 1.27. The van der Waals surface area contributed by atoms with Gasteiger partial charge in [-0.05, 0) is 25.8 Å². The summed E-state index contributed by atoms with van der Waals surface area (Å²) in [5.41, 5.74) is 4.01. The van der Waals surface area contributed by atoms with E-state index < -0.39 is 0 Å². The molecule has 1 atom stereocenters. The van der Waals surface area contributed by atoms with Crippen LogP contribution in [0.2, 0.25) is 0 Å². The van der Waals surface area contributed by atoms with Crippen LogP contribution in [0.5, 0.6) is 0 Å². The first-order valence-corrected chi connectivity index (χ1v) is 4.98. The van der Waals surface area contributed by atoms with Crippen LogP contribution in [-0.2, 0) is 6.42 Å². The average Bonchev–Trinajstić information content (AvgIpc) is 2.61. The molecule has 1 aliphatic carbocycles. The Balaban J connectivity index is 2.40. The van der Waals surface area contributed by atoms with Gasteiger partial charge in [0.15, 0.2) is 0 Å². The van der Waals surface area contributed by atoms with E-state index in [0.717, 1.165) is 6.42 Å². The molecule has 0 saturated carbocycles. The molecule has 2 N–H and O–H groups in total. The standard InChI is InChI=1S/C10H17N3/c1-6(2)10-9-7(11-3)4-5-8(9)12-13-10/h6-7,11H,4-5H2,1-3H3,(H,12,13). The first-order chi connectivity index (χ1) is 6.24. The second-order valence-electron chi connectivity index (χ2n) is 4.04. The Bertz CT molecular complexity index is 301. The van der Waals surface area contributed by atoms with Gasteiger partial charge in [-0.3, -0.25) is 5.10 Å². The van der Waals surface area contributed by atoms with Crippen molar-refractivity contribution in [2.75, 3.05) is 7.05 Å². The van der Waals surface area contributed by atoms with Gasteiger partial charge in [-0.25, -0.2) is 0 Å². The van der Waals surface area contributed by atoms with Crippen LogP contribution >= 0.6 is 0 Å². The quantitative estimate of drug-likeness (QED) is 0.726. The molecule has 0 fully saturated rings. The maximum Gasteiger partial charge on any atom is 0.0698 e. The van der Waals surface area contributed by atoms with Gasteiger partial charge in [-0.1, -0.05) is 13.8 Å². The predicted molar refractivity (Wildman–Crippen MR) is 52.8 cm³/mol. The monoisotopic (exact) mass is 179 g/mol. The summed E-state index contributed by atoms with van der Waals surface area (Å²) in [6, 6.07) is 0.520. The minimum atomic E-state index is 0.520. The van der Waals surface area contributed by atoms with Crippen LogP contribution in [0.15, 0.2) is 0 Å². The number of aryl methyl sites for hydroxylation is 1. The Morgan fingerprint density at radius 3 is 2.92 bits per heavy atom. The van der Waals surface area contributed by atoms with E-state index in [1.165, 1.54) is 23.4 Å². The van der Waals surface area contributed by atoms with Gasteiger partial charge in [0.1, 0.15) is 0 Å². The Kier molecular flexibility index (Phi) is 2.12.